The molecule has 1 saturated heterocycles. The summed E-state index contributed by atoms with van der Waals surface area (Å²) in [6, 6.07) is 10.6. The van der Waals surface area contributed by atoms with Crippen LogP contribution < -0.4 is 10.9 Å². The lowest BCUT2D eigenvalue weighted by molar-refractivity contribution is -0.0325. The lowest BCUT2D eigenvalue weighted by atomic mass is 9.55. The first kappa shape index (κ1) is 31.8. The van der Waals surface area contributed by atoms with Gasteiger partial charge in [0.1, 0.15) is 48.7 Å². The molecule has 1 aliphatic carbocycles. The number of alkyl halides is 2. The minimum absolute atomic E-state index is 0.0219. The van der Waals surface area contributed by atoms with Crippen molar-refractivity contribution in [3.8, 4) is 6.07 Å². The van der Waals surface area contributed by atoms with Crippen LogP contribution in [0.3, 0.4) is 0 Å². The van der Waals surface area contributed by atoms with E-state index in [0.29, 0.717) is 47.5 Å². The number of pyridine rings is 1. The molecule has 0 radical (unpaired) electrons. The SMILES string of the molecule is BC1(B)CCCCC(B)(B)n2c(=O)c(C3(C#N)CC3)cc3c(nc(C)nc32)N[C@H](C)c2cccc(c2)C(F)(F)CCC2CN1C2. The number of rotatable bonds is 1. The molecule has 3 aromatic rings. The topological polar surface area (TPSA) is 86.8 Å². The predicted molar refractivity (Wildman–Crippen MR) is 185 cm³/mol. The highest BCUT2D eigenvalue weighted by molar-refractivity contribution is 6.40. The van der Waals surface area contributed by atoms with Crippen molar-refractivity contribution in [2.45, 2.75) is 93.3 Å². The summed E-state index contributed by atoms with van der Waals surface area (Å²) in [5.41, 5.74) is 0.808. The smallest absolute Gasteiger partial charge is 0.273 e. The number of anilines is 1. The van der Waals surface area contributed by atoms with Crippen LogP contribution in [-0.4, -0.2) is 69.2 Å². The Morgan fingerprint density at radius 3 is 2.36 bits per heavy atom. The number of aryl methyl sites for hydroxylation is 1. The fourth-order valence-electron chi connectivity index (χ4n) is 7.36. The number of fused-ring (bicyclic) bond motifs is 8. The summed E-state index contributed by atoms with van der Waals surface area (Å²) in [7, 11) is 8.67. The first-order valence-electron chi connectivity index (χ1n) is 16.5. The third-order valence-electron chi connectivity index (χ3n) is 10.7. The van der Waals surface area contributed by atoms with Gasteiger partial charge in [-0.05, 0) is 80.2 Å². The molecular formula is C32H42B4F2N6O. The molecule has 0 spiro atoms. The van der Waals surface area contributed by atoms with E-state index in [-0.39, 0.29) is 34.8 Å². The minimum atomic E-state index is -2.92. The fraction of sp³-hybridized carbons (Fsp3) is 0.562. The number of nitrogens with one attached hydrogen (secondary N) is 1. The van der Waals surface area contributed by atoms with Crippen LogP contribution in [0.25, 0.3) is 11.0 Å². The maximum Gasteiger partial charge on any atom is 0.273 e. The van der Waals surface area contributed by atoms with Gasteiger partial charge in [0.2, 0.25) is 0 Å². The van der Waals surface area contributed by atoms with Crippen LogP contribution in [0.2, 0.25) is 0 Å². The number of halogens is 2. The van der Waals surface area contributed by atoms with Gasteiger partial charge in [0.05, 0.1) is 16.9 Å². The molecule has 3 aliphatic heterocycles. The standard InChI is InChI=1S/C32H42B4F2N6O/c1-19-22-6-5-7-23(14-22)30(37,38)11-8-21-16-43(17-21)31(33,34)9-3-4-10-32(35,36)44-27-24(26(40-19)41-20(2)42-27)15-25(28(44)45)29(18-39)12-13-29/h5-7,14-15,19,21H,3-4,8-13,16-17,33-36H2,1-2H3,(H,40,41,42)/t19-/m1/s1. The molecule has 1 N–H and O–H groups in total. The van der Waals surface area contributed by atoms with E-state index < -0.39 is 16.7 Å². The van der Waals surface area contributed by atoms with Gasteiger partial charge >= 0.3 is 0 Å². The van der Waals surface area contributed by atoms with Gasteiger partial charge in [0, 0.05) is 36.7 Å². The lowest BCUT2D eigenvalue weighted by Crippen LogP contribution is -2.60. The van der Waals surface area contributed by atoms with Crippen LogP contribution in [0.4, 0.5) is 14.6 Å². The van der Waals surface area contributed by atoms with Crippen molar-refractivity contribution in [3.63, 3.8) is 0 Å². The third-order valence-corrected chi connectivity index (χ3v) is 10.7. The summed E-state index contributed by atoms with van der Waals surface area (Å²) < 4.78 is 32.9. The van der Waals surface area contributed by atoms with Crippen molar-refractivity contribution in [1.29, 1.82) is 5.26 Å². The van der Waals surface area contributed by atoms with Crippen LogP contribution in [-0.2, 0) is 16.7 Å². The second-order valence-corrected chi connectivity index (χ2v) is 15.1. The Morgan fingerprint density at radius 1 is 1.00 bits per heavy atom. The quantitative estimate of drug-likeness (QED) is 0.426. The molecule has 1 aromatic carbocycles. The van der Waals surface area contributed by atoms with E-state index in [2.05, 4.69) is 47.7 Å². The molecule has 8 bridgehead atoms. The Morgan fingerprint density at radius 2 is 1.69 bits per heavy atom. The van der Waals surface area contributed by atoms with Crippen LogP contribution in [0, 0.1) is 24.2 Å². The molecule has 7 rings (SSSR count). The minimum Gasteiger partial charge on any atom is -0.363 e. The van der Waals surface area contributed by atoms with Crippen LogP contribution in [0.5, 0.6) is 0 Å². The van der Waals surface area contributed by atoms with Gasteiger partial charge in [-0.3, -0.25) is 4.79 Å². The van der Waals surface area contributed by atoms with Gasteiger partial charge in [0.25, 0.3) is 11.5 Å². The van der Waals surface area contributed by atoms with Crippen molar-refractivity contribution in [2.75, 3.05) is 18.4 Å². The normalized spacial score (nSPS) is 26.9. The number of hydrogen-bond donors (Lipinski definition) is 1. The van der Waals surface area contributed by atoms with Crippen molar-refractivity contribution in [1.82, 2.24) is 19.4 Å². The highest BCUT2D eigenvalue weighted by Gasteiger charge is 2.48. The summed E-state index contributed by atoms with van der Waals surface area (Å²) in [5, 5.41) is 13.7. The van der Waals surface area contributed by atoms with E-state index >= 15 is 8.78 Å². The Labute approximate surface area is 268 Å². The van der Waals surface area contributed by atoms with Gasteiger partial charge in [-0.25, -0.2) is 18.7 Å². The zero-order valence-electron chi connectivity index (χ0n) is 27.5. The molecule has 4 aliphatic rings. The zero-order valence-corrected chi connectivity index (χ0v) is 27.5. The molecule has 1 saturated carbocycles. The third kappa shape index (κ3) is 5.95. The van der Waals surface area contributed by atoms with Crippen molar-refractivity contribution >= 4 is 48.2 Å². The molecular weight excluding hydrogens is 566 g/mol. The van der Waals surface area contributed by atoms with E-state index in [9.17, 15) is 10.1 Å². The summed E-state index contributed by atoms with van der Waals surface area (Å²) in [6.07, 6.45) is 5.28. The largest absolute Gasteiger partial charge is 0.363 e. The van der Waals surface area contributed by atoms with Gasteiger partial charge in [0.15, 0.2) is 0 Å². The van der Waals surface area contributed by atoms with E-state index in [0.717, 1.165) is 44.3 Å². The molecule has 45 heavy (non-hydrogen) atoms. The van der Waals surface area contributed by atoms with Crippen molar-refractivity contribution in [2.24, 2.45) is 5.92 Å². The predicted octanol–water partition coefficient (Wildman–Crippen LogP) is 2.00. The van der Waals surface area contributed by atoms with E-state index in [1.54, 1.807) is 29.7 Å². The number of aromatic nitrogens is 3. The van der Waals surface area contributed by atoms with Gasteiger partial charge in [-0.2, -0.15) is 5.26 Å². The van der Waals surface area contributed by atoms with E-state index in [1.807, 2.05) is 13.0 Å². The van der Waals surface area contributed by atoms with Crippen LogP contribution >= 0.6 is 0 Å². The van der Waals surface area contributed by atoms with E-state index in [4.69, 9.17) is 9.97 Å². The maximum atomic E-state index is 15.6. The van der Waals surface area contributed by atoms with Gasteiger partial charge < -0.3 is 14.8 Å². The van der Waals surface area contributed by atoms with Crippen LogP contribution in [0.1, 0.15) is 86.8 Å². The Hall–Kier alpha value is -3.12. The second kappa shape index (κ2) is 11.3. The van der Waals surface area contributed by atoms with Crippen LogP contribution in [0.15, 0.2) is 35.1 Å². The highest BCUT2D eigenvalue weighted by Crippen LogP contribution is 2.47. The second-order valence-electron chi connectivity index (χ2n) is 15.1. The summed E-state index contributed by atoms with van der Waals surface area (Å²) >= 11 is 0. The molecule has 0 unspecified atom stereocenters. The highest BCUT2D eigenvalue weighted by atomic mass is 19.3. The summed E-state index contributed by atoms with van der Waals surface area (Å²) in [6.45, 7) is 5.43. The molecule has 13 heteroatoms. The lowest BCUT2D eigenvalue weighted by Gasteiger charge is -2.50. The maximum absolute atomic E-state index is 15.6. The van der Waals surface area contributed by atoms with Crippen molar-refractivity contribution in [3.05, 3.63) is 63.2 Å². The fourth-order valence-corrected chi connectivity index (χ4v) is 7.36. The number of hydrogen-bond acceptors (Lipinski definition) is 6. The summed E-state index contributed by atoms with van der Waals surface area (Å²) in [4.78, 5) is 26.3. The Bertz CT molecular complexity index is 1730. The number of nitrogens with zero attached hydrogens (tertiary/aromatic N) is 5. The van der Waals surface area contributed by atoms with Gasteiger partial charge in [-0.1, -0.05) is 31.0 Å². The number of benzene rings is 1. The molecule has 0 amide bonds. The molecule has 7 nitrogen and oxygen atoms in total. The molecule has 1 atom stereocenters. The molecule has 2 aromatic heterocycles. The Balaban J connectivity index is 1.48. The monoisotopic (exact) mass is 608 g/mol. The number of nitriles is 1. The first-order chi connectivity index (χ1) is 21.2. The van der Waals surface area contributed by atoms with Crippen molar-refractivity contribution < 1.29 is 8.78 Å². The molecule has 232 valence electrons. The van der Waals surface area contributed by atoms with E-state index in [1.165, 1.54) is 6.07 Å². The summed E-state index contributed by atoms with van der Waals surface area (Å²) in [5.74, 6) is -1.61. The zero-order chi connectivity index (χ0) is 32.4. The molecule has 5 heterocycles. The van der Waals surface area contributed by atoms with Gasteiger partial charge in [-0.15, -0.1) is 0 Å². The average molecular weight is 608 g/mol. The molecule has 2 fully saturated rings. The first-order valence-corrected chi connectivity index (χ1v) is 16.5. The Kier molecular flexibility index (Phi) is 7.99. The average Bonchev–Trinajstić information content (AvgIpc) is 3.74.